The Labute approximate surface area is 100 Å². The third-order valence-electron chi connectivity index (χ3n) is 3.95. The maximum Gasteiger partial charge on any atom is 0.0597 e. The van der Waals surface area contributed by atoms with Gasteiger partial charge in [0, 0.05) is 13.7 Å². The molecule has 1 aliphatic carbocycles. The van der Waals surface area contributed by atoms with E-state index in [1.165, 1.54) is 32.1 Å². The van der Waals surface area contributed by atoms with Crippen molar-refractivity contribution in [1.29, 1.82) is 0 Å². The zero-order chi connectivity index (χ0) is 12.0. The molecule has 2 heteroatoms. The molecule has 1 aliphatic rings. The summed E-state index contributed by atoms with van der Waals surface area (Å²) in [7, 11) is 1.73. The second-order valence-corrected chi connectivity index (χ2v) is 5.82. The van der Waals surface area contributed by atoms with Gasteiger partial charge in [-0.25, -0.2) is 0 Å². The van der Waals surface area contributed by atoms with Crippen molar-refractivity contribution in [2.75, 3.05) is 13.7 Å². The summed E-state index contributed by atoms with van der Waals surface area (Å²) in [6.45, 7) is 5.30. The zero-order valence-electron chi connectivity index (χ0n) is 11.2. The molecule has 0 aromatic heterocycles. The van der Waals surface area contributed by atoms with Gasteiger partial charge in [-0.05, 0) is 43.4 Å². The van der Waals surface area contributed by atoms with Crippen LogP contribution in [-0.2, 0) is 4.74 Å². The Morgan fingerprint density at radius 3 is 2.38 bits per heavy atom. The topological polar surface area (TPSA) is 29.5 Å². The first-order valence-corrected chi connectivity index (χ1v) is 6.78. The van der Waals surface area contributed by atoms with Crippen molar-refractivity contribution in [3.05, 3.63) is 0 Å². The summed E-state index contributed by atoms with van der Waals surface area (Å²) in [6.07, 6.45) is 7.99. The zero-order valence-corrected chi connectivity index (χ0v) is 11.2. The highest BCUT2D eigenvalue weighted by atomic mass is 16.5. The molecule has 2 nitrogen and oxygen atoms in total. The van der Waals surface area contributed by atoms with Crippen molar-refractivity contribution >= 4 is 0 Å². The summed E-state index contributed by atoms with van der Waals surface area (Å²) in [5, 5.41) is 10.4. The SMILES string of the molecule is COCCCC(O)C1(CC(C)C)CCCC1. The summed E-state index contributed by atoms with van der Waals surface area (Å²) in [4.78, 5) is 0. The molecule has 1 unspecified atom stereocenters. The van der Waals surface area contributed by atoms with Crippen LogP contribution < -0.4 is 0 Å². The van der Waals surface area contributed by atoms with E-state index < -0.39 is 0 Å². The van der Waals surface area contributed by atoms with Crippen LogP contribution in [0, 0.1) is 11.3 Å². The molecule has 96 valence electrons. The molecule has 0 aromatic rings. The van der Waals surface area contributed by atoms with Crippen LogP contribution in [0.15, 0.2) is 0 Å². The molecule has 1 fully saturated rings. The van der Waals surface area contributed by atoms with Crippen molar-refractivity contribution in [2.45, 2.75) is 64.9 Å². The third kappa shape index (κ3) is 3.74. The normalized spacial score (nSPS) is 21.6. The summed E-state index contributed by atoms with van der Waals surface area (Å²) >= 11 is 0. The minimum atomic E-state index is -0.118. The first-order valence-electron chi connectivity index (χ1n) is 6.78. The van der Waals surface area contributed by atoms with E-state index in [2.05, 4.69) is 13.8 Å². The van der Waals surface area contributed by atoms with E-state index in [0.717, 1.165) is 19.4 Å². The second-order valence-electron chi connectivity index (χ2n) is 5.82. The number of ether oxygens (including phenoxy) is 1. The summed E-state index contributed by atoms with van der Waals surface area (Å²) in [5.41, 5.74) is 0.224. The predicted molar refractivity (Wildman–Crippen MR) is 67.5 cm³/mol. The van der Waals surface area contributed by atoms with Gasteiger partial charge in [0.2, 0.25) is 0 Å². The molecule has 0 spiro atoms. The van der Waals surface area contributed by atoms with Crippen LogP contribution in [0.3, 0.4) is 0 Å². The highest BCUT2D eigenvalue weighted by Gasteiger charge is 2.40. The molecular weight excluding hydrogens is 200 g/mol. The lowest BCUT2D eigenvalue weighted by molar-refractivity contribution is 0.00176. The minimum absolute atomic E-state index is 0.118. The Bertz CT molecular complexity index is 183. The van der Waals surface area contributed by atoms with E-state index in [9.17, 15) is 5.11 Å². The van der Waals surface area contributed by atoms with Crippen LogP contribution in [0.25, 0.3) is 0 Å². The Hall–Kier alpha value is -0.0800. The number of rotatable bonds is 7. The number of aliphatic hydroxyl groups is 1. The highest BCUT2D eigenvalue weighted by Crippen LogP contribution is 2.46. The van der Waals surface area contributed by atoms with Crippen LogP contribution in [-0.4, -0.2) is 24.9 Å². The summed E-state index contributed by atoms with van der Waals surface area (Å²) in [6, 6.07) is 0. The van der Waals surface area contributed by atoms with Crippen molar-refractivity contribution in [3.63, 3.8) is 0 Å². The molecular formula is C14H28O2. The Morgan fingerprint density at radius 2 is 1.88 bits per heavy atom. The molecule has 0 saturated heterocycles. The van der Waals surface area contributed by atoms with E-state index >= 15 is 0 Å². The van der Waals surface area contributed by atoms with Gasteiger partial charge in [0.05, 0.1) is 6.10 Å². The highest BCUT2D eigenvalue weighted by molar-refractivity contribution is 4.91. The summed E-state index contributed by atoms with van der Waals surface area (Å²) in [5.74, 6) is 0.690. The Balaban J connectivity index is 2.48. The van der Waals surface area contributed by atoms with Crippen molar-refractivity contribution in [2.24, 2.45) is 11.3 Å². The Kier molecular flexibility index (Phi) is 5.77. The van der Waals surface area contributed by atoms with Crippen LogP contribution in [0.5, 0.6) is 0 Å². The van der Waals surface area contributed by atoms with Crippen LogP contribution in [0.4, 0.5) is 0 Å². The van der Waals surface area contributed by atoms with Crippen molar-refractivity contribution in [1.82, 2.24) is 0 Å². The smallest absolute Gasteiger partial charge is 0.0597 e. The lowest BCUT2D eigenvalue weighted by Gasteiger charge is -2.36. The molecule has 0 radical (unpaired) electrons. The molecule has 0 amide bonds. The molecule has 1 rings (SSSR count). The fourth-order valence-electron chi connectivity index (χ4n) is 3.29. The van der Waals surface area contributed by atoms with Gasteiger partial charge >= 0.3 is 0 Å². The van der Waals surface area contributed by atoms with E-state index in [1.807, 2.05) is 0 Å². The summed E-state index contributed by atoms with van der Waals surface area (Å²) < 4.78 is 5.06. The molecule has 1 saturated carbocycles. The molecule has 0 aromatic carbocycles. The number of hydrogen-bond donors (Lipinski definition) is 1. The molecule has 1 atom stereocenters. The van der Waals surface area contributed by atoms with Crippen LogP contribution in [0.2, 0.25) is 0 Å². The van der Waals surface area contributed by atoms with Gasteiger partial charge in [-0.2, -0.15) is 0 Å². The first kappa shape index (κ1) is 14.0. The lowest BCUT2D eigenvalue weighted by Crippen LogP contribution is -2.34. The van der Waals surface area contributed by atoms with Crippen molar-refractivity contribution in [3.8, 4) is 0 Å². The third-order valence-corrected chi connectivity index (χ3v) is 3.95. The standard InChI is InChI=1S/C14H28O2/c1-12(2)11-14(8-4-5-9-14)13(15)7-6-10-16-3/h12-13,15H,4-11H2,1-3H3. The van der Waals surface area contributed by atoms with E-state index in [1.54, 1.807) is 7.11 Å². The van der Waals surface area contributed by atoms with Crippen LogP contribution >= 0.6 is 0 Å². The first-order chi connectivity index (χ1) is 7.60. The van der Waals surface area contributed by atoms with Gasteiger partial charge in [-0.15, -0.1) is 0 Å². The average Bonchev–Trinajstić information content (AvgIpc) is 2.67. The minimum Gasteiger partial charge on any atom is -0.393 e. The molecule has 16 heavy (non-hydrogen) atoms. The average molecular weight is 228 g/mol. The van der Waals surface area contributed by atoms with Gasteiger partial charge in [0.25, 0.3) is 0 Å². The van der Waals surface area contributed by atoms with Crippen LogP contribution in [0.1, 0.15) is 58.8 Å². The second kappa shape index (κ2) is 6.61. The molecule has 0 aliphatic heterocycles. The van der Waals surface area contributed by atoms with Gasteiger partial charge in [0.1, 0.15) is 0 Å². The van der Waals surface area contributed by atoms with E-state index in [4.69, 9.17) is 4.74 Å². The quantitative estimate of drug-likeness (QED) is 0.677. The van der Waals surface area contributed by atoms with Gasteiger partial charge < -0.3 is 9.84 Å². The fourth-order valence-corrected chi connectivity index (χ4v) is 3.29. The fraction of sp³-hybridized carbons (Fsp3) is 1.00. The largest absolute Gasteiger partial charge is 0.393 e. The number of hydrogen-bond acceptors (Lipinski definition) is 2. The van der Waals surface area contributed by atoms with Gasteiger partial charge in [-0.1, -0.05) is 26.7 Å². The van der Waals surface area contributed by atoms with Gasteiger partial charge in [0.15, 0.2) is 0 Å². The number of methoxy groups -OCH3 is 1. The number of aliphatic hydroxyl groups excluding tert-OH is 1. The molecule has 1 N–H and O–H groups in total. The van der Waals surface area contributed by atoms with E-state index in [-0.39, 0.29) is 11.5 Å². The monoisotopic (exact) mass is 228 g/mol. The van der Waals surface area contributed by atoms with Gasteiger partial charge in [-0.3, -0.25) is 0 Å². The molecule has 0 heterocycles. The predicted octanol–water partition coefficient (Wildman–Crippen LogP) is 3.38. The van der Waals surface area contributed by atoms with E-state index in [0.29, 0.717) is 5.92 Å². The Morgan fingerprint density at radius 1 is 1.25 bits per heavy atom. The maximum absolute atomic E-state index is 10.4. The van der Waals surface area contributed by atoms with Crippen molar-refractivity contribution < 1.29 is 9.84 Å². The maximum atomic E-state index is 10.4. The molecule has 0 bridgehead atoms. The lowest BCUT2D eigenvalue weighted by atomic mass is 9.73.